The first-order valence-corrected chi connectivity index (χ1v) is 7.45. The van der Waals surface area contributed by atoms with Gasteiger partial charge in [-0.15, -0.1) is 0 Å². The van der Waals surface area contributed by atoms with Gasteiger partial charge in [0.15, 0.2) is 0 Å². The Kier molecular flexibility index (Phi) is 3.60. The SMILES string of the molecule is CCOC(=O)C1(NC=O)Cc2cccc3c2N(CCC3)C1=O. The Balaban J connectivity index is 2.12. The van der Waals surface area contributed by atoms with Crippen molar-refractivity contribution in [3.63, 3.8) is 0 Å². The molecule has 22 heavy (non-hydrogen) atoms. The van der Waals surface area contributed by atoms with Crippen molar-refractivity contribution in [2.24, 2.45) is 0 Å². The van der Waals surface area contributed by atoms with E-state index in [0.29, 0.717) is 13.0 Å². The Morgan fingerprint density at radius 1 is 1.45 bits per heavy atom. The highest BCUT2D eigenvalue weighted by atomic mass is 16.5. The molecule has 0 aliphatic carbocycles. The van der Waals surface area contributed by atoms with Gasteiger partial charge in [0.1, 0.15) is 0 Å². The molecule has 2 amide bonds. The van der Waals surface area contributed by atoms with Gasteiger partial charge in [-0.25, -0.2) is 4.79 Å². The summed E-state index contributed by atoms with van der Waals surface area (Å²) in [6.07, 6.45) is 2.28. The van der Waals surface area contributed by atoms with Crippen LogP contribution in [0.3, 0.4) is 0 Å². The van der Waals surface area contributed by atoms with E-state index in [1.54, 1.807) is 11.8 Å². The molecule has 0 spiro atoms. The summed E-state index contributed by atoms with van der Waals surface area (Å²) >= 11 is 0. The normalized spacial score (nSPS) is 22.8. The number of ether oxygens (including phenoxy) is 1. The lowest BCUT2D eigenvalue weighted by molar-refractivity contribution is -0.156. The highest BCUT2D eigenvalue weighted by molar-refractivity contribution is 6.17. The van der Waals surface area contributed by atoms with Gasteiger partial charge in [0, 0.05) is 13.0 Å². The first-order chi connectivity index (χ1) is 10.6. The zero-order valence-corrected chi connectivity index (χ0v) is 12.4. The molecule has 1 atom stereocenters. The Labute approximate surface area is 128 Å². The number of amides is 2. The molecule has 0 radical (unpaired) electrons. The van der Waals surface area contributed by atoms with Crippen LogP contribution in [-0.4, -0.2) is 37.0 Å². The maximum absolute atomic E-state index is 12.9. The quantitative estimate of drug-likeness (QED) is 0.501. The van der Waals surface area contributed by atoms with E-state index >= 15 is 0 Å². The first kappa shape index (κ1) is 14.6. The van der Waals surface area contributed by atoms with E-state index in [9.17, 15) is 14.4 Å². The van der Waals surface area contributed by atoms with Crippen molar-refractivity contribution < 1.29 is 19.1 Å². The molecule has 2 aliphatic heterocycles. The summed E-state index contributed by atoms with van der Waals surface area (Å²) < 4.78 is 5.06. The average Bonchev–Trinajstić information content (AvgIpc) is 2.52. The third-order valence-electron chi connectivity index (χ3n) is 4.30. The van der Waals surface area contributed by atoms with E-state index in [1.807, 2.05) is 18.2 Å². The van der Waals surface area contributed by atoms with E-state index < -0.39 is 17.4 Å². The summed E-state index contributed by atoms with van der Waals surface area (Å²) in [4.78, 5) is 38.0. The predicted octanol–water partition coefficient (Wildman–Crippen LogP) is 0.570. The number of anilines is 1. The van der Waals surface area contributed by atoms with E-state index in [-0.39, 0.29) is 13.0 Å². The van der Waals surface area contributed by atoms with Gasteiger partial charge in [-0.2, -0.15) is 0 Å². The standard InChI is InChI=1S/C16H18N2O4/c1-2-22-15(21)16(17-10-19)9-12-6-3-5-11-7-4-8-18(13(11)12)14(16)20/h3,5-6,10H,2,4,7-9H2,1H3,(H,17,19). The van der Waals surface area contributed by atoms with Gasteiger partial charge < -0.3 is 15.0 Å². The molecule has 0 saturated carbocycles. The molecule has 3 rings (SSSR count). The number of esters is 1. The largest absolute Gasteiger partial charge is 0.464 e. The molecule has 1 aromatic rings. The number of hydrogen-bond acceptors (Lipinski definition) is 4. The second-order valence-corrected chi connectivity index (χ2v) is 5.55. The van der Waals surface area contributed by atoms with Crippen LogP contribution in [0.25, 0.3) is 0 Å². The summed E-state index contributed by atoms with van der Waals surface area (Å²) in [5.41, 5.74) is 1.24. The van der Waals surface area contributed by atoms with Crippen LogP contribution in [0, 0.1) is 0 Å². The van der Waals surface area contributed by atoms with Crippen molar-refractivity contribution >= 4 is 24.0 Å². The van der Waals surface area contributed by atoms with Gasteiger partial charge in [0.2, 0.25) is 11.9 Å². The maximum Gasteiger partial charge on any atom is 0.342 e. The number of nitrogens with zero attached hydrogens (tertiary/aromatic N) is 1. The lowest BCUT2D eigenvalue weighted by Gasteiger charge is -2.43. The minimum Gasteiger partial charge on any atom is -0.464 e. The molecule has 0 bridgehead atoms. The number of benzene rings is 1. The van der Waals surface area contributed by atoms with Crippen molar-refractivity contribution in [2.45, 2.75) is 31.7 Å². The van der Waals surface area contributed by atoms with Crippen molar-refractivity contribution in [3.8, 4) is 0 Å². The van der Waals surface area contributed by atoms with E-state index in [0.717, 1.165) is 29.7 Å². The van der Waals surface area contributed by atoms with Crippen LogP contribution >= 0.6 is 0 Å². The van der Waals surface area contributed by atoms with Gasteiger partial charge in [0.05, 0.1) is 12.3 Å². The molecule has 6 nitrogen and oxygen atoms in total. The van der Waals surface area contributed by atoms with Crippen molar-refractivity contribution in [1.29, 1.82) is 0 Å². The monoisotopic (exact) mass is 302 g/mol. The lowest BCUT2D eigenvalue weighted by Crippen LogP contribution is -2.67. The number of carbonyl (C=O) groups is 3. The molecule has 0 aromatic heterocycles. The van der Waals surface area contributed by atoms with Crippen molar-refractivity contribution in [2.75, 3.05) is 18.1 Å². The van der Waals surface area contributed by atoms with E-state index in [2.05, 4.69) is 5.32 Å². The molecular weight excluding hydrogens is 284 g/mol. The molecule has 116 valence electrons. The van der Waals surface area contributed by atoms with Crippen LogP contribution in [0.2, 0.25) is 0 Å². The van der Waals surface area contributed by atoms with Crippen LogP contribution in [0.1, 0.15) is 24.5 Å². The fourth-order valence-corrected chi connectivity index (χ4v) is 3.36. The lowest BCUT2D eigenvalue weighted by atomic mass is 9.81. The third-order valence-corrected chi connectivity index (χ3v) is 4.30. The van der Waals surface area contributed by atoms with Gasteiger partial charge in [-0.3, -0.25) is 9.59 Å². The molecule has 0 fully saturated rings. The number of para-hydroxylation sites is 1. The number of carbonyl (C=O) groups excluding carboxylic acids is 3. The van der Waals surface area contributed by atoms with Crippen molar-refractivity contribution in [1.82, 2.24) is 5.32 Å². The second kappa shape index (κ2) is 5.44. The molecule has 1 unspecified atom stereocenters. The second-order valence-electron chi connectivity index (χ2n) is 5.55. The summed E-state index contributed by atoms with van der Waals surface area (Å²) in [6, 6.07) is 5.82. The summed E-state index contributed by atoms with van der Waals surface area (Å²) in [7, 11) is 0. The fraction of sp³-hybridized carbons (Fsp3) is 0.438. The smallest absolute Gasteiger partial charge is 0.342 e. The Bertz CT molecular complexity index is 643. The first-order valence-electron chi connectivity index (χ1n) is 7.45. The van der Waals surface area contributed by atoms with Gasteiger partial charge >= 0.3 is 5.97 Å². The molecule has 2 heterocycles. The van der Waals surface area contributed by atoms with Crippen molar-refractivity contribution in [3.05, 3.63) is 29.3 Å². The van der Waals surface area contributed by atoms with Gasteiger partial charge in [-0.05, 0) is 30.9 Å². The summed E-state index contributed by atoms with van der Waals surface area (Å²) in [6.45, 7) is 2.37. The number of nitrogens with one attached hydrogen (secondary N) is 1. The molecule has 0 saturated heterocycles. The Hall–Kier alpha value is -2.37. The van der Waals surface area contributed by atoms with Gasteiger partial charge in [-0.1, -0.05) is 18.2 Å². The van der Waals surface area contributed by atoms with Crippen LogP contribution in [0.5, 0.6) is 0 Å². The fourth-order valence-electron chi connectivity index (χ4n) is 3.36. The molecular formula is C16H18N2O4. The third kappa shape index (κ3) is 1.98. The van der Waals surface area contributed by atoms with Crippen LogP contribution in [-0.2, 0) is 32.0 Å². The highest BCUT2D eigenvalue weighted by Crippen LogP contribution is 2.39. The topological polar surface area (TPSA) is 75.7 Å². The average molecular weight is 302 g/mol. The number of rotatable bonds is 4. The minimum atomic E-state index is -1.65. The molecule has 6 heteroatoms. The Morgan fingerprint density at radius 2 is 2.23 bits per heavy atom. The van der Waals surface area contributed by atoms with E-state index in [1.165, 1.54) is 0 Å². The van der Waals surface area contributed by atoms with E-state index in [4.69, 9.17) is 4.74 Å². The number of hydrogen-bond donors (Lipinski definition) is 1. The summed E-state index contributed by atoms with van der Waals surface area (Å²) in [5, 5.41) is 2.43. The predicted molar refractivity (Wildman–Crippen MR) is 79.4 cm³/mol. The Morgan fingerprint density at radius 3 is 2.95 bits per heavy atom. The maximum atomic E-state index is 12.9. The zero-order chi connectivity index (χ0) is 15.7. The van der Waals surface area contributed by atoms with Crippen LogP contribution in [0.4, 0.5) is 5.69 Å². The minimum absolute atomic E-state index is 0.128. The summed E-state index contributed by atoms with van der Waals surface area (Å²) in [5.74, 6) is -1.11. The van der Waals surface area contributed by atoms with Gasteiger partial charge in [0.25, 0.3) is 5.91 Å². The molecule has 1 N–H and O–H groups in total. The zero-order valence-electron chi connectivity index (χ0n) is 12.4. The highest BCUT2D eigenvalue weighted by Gasteiger charge is 2.54. The number of aryl methyl sites for hydroxylation is 1. The van der Waals surface area contributed by atoms with Crippen LogP contribution in [0.15, 0.2) is 18.2 Å². The van der Waals surface area contributed by atoms with Crippen LogP contribution < -0.4 is 10.2 Å². The molecule has 2 aliphatic rings. The molecule has 1 aromatic carbocycles.